The van der Waals surface area contributed by atoms with Crippen LogP contribution in [0, 0.1) is 6.92 Å². The first kappa shape index (κ1) is 24.3. The minimum Gasteiger partial charge on any atom is -0.325 e. The Labute approximate surface area is 209 Å². The number of aromatic nitrogens is 1. The Morgan fingerprint density at radius 2 is 1.56 bits per heavy atom. The lowest BCUT2D eigenvalue weighted by atomic mass is 10.0. The summed E-state index contributed by atoms with van der Waals surface area (Å²) in [4.78, 5) is 42.5. The van der Waals surface area contributed by atoms with Crippen LogP contribution in [-0.4, -0.2) is 22.6 Å². The molecule has 178 valence electrons. The van der Waals surface area contributed by atoms with Gasteiger partial charge in [-0.15, -0.1) is 0 Å². The Kier molecular flexibility index (Phi) is 7.78. The maximum Gasteiger partial charge on any atom is 0.248 e. The zero-order valence-corrected chi connectivity index (χ0v) is 19.8. The lowest BCUT2D eigenvalue weighted by molar-refractivity contribution is -0.115. The predicted octanol–water partition coefficient (Wildman–Crippen LogP) is 5.45. The first-order chi connectivity index (χ1) is 17.5. The number of benzene rings is 3. The lowest BCUT2D eigenvalue weighted by Crippen LogP contribution is -2.18. The van der Waals surface area contributed by atoms with Crippen LogP contribution in [0.4, 0.5) is 11.4 Å². The summed E-state index contributed by atoms with van der Waals surface area (Å²) in [6, 6.07) is 25.0. The van der Waals surface area contributed by atoms with Crippen molar-refractivity contribution in [2.24, 2.45) is 0 Å². The van der Waals surface area contributed by atoms with Crippen LogP contribution in [-0.2, 0) is 16.0 Å². The average molecular weight is 476 g/mol. The first-order valence-corrected chi connectivity index (χ1v) is 11.5. The van der Waals surface area contributed by atoms with Crippen molar-refractivity contribution >= 4 is 35.0 Å². The molecule has 6 heteroatoms. The lowest BCUT2D eigenvalue weighted by Gasteiger charge is -2.13. The van der Waals surface area contributed by atoms with Crippen molar-refractivity contribution in [1.82, 2.24) is 4.98 Å². The van der Waals surface area contributed by atoms with Gasteiger partial charge in [-0.3, -0.25) is 19.4 Å². The molecule has 0 fully saturated rings. The fourth-order valence-electron chi connectivity index (χ4n) is 3.58. The van der Waals surface area contributed by atoms with Gasteiger partial charge in [0, 0.05) is 35.3 Å². The highest BCUT2D eigenvalue weighted by Gasteiger charge is 2.17. The van der Waals surface area contributed by atoms with E-state index in [2.05, 4.69) is 15.6 Å². The average Bonchev–Trinajstić information content (AvgIpc) is 2.90. The molecule has 4 aromatic rings. The van der Waals surface area contributed by atoms with Gasteiger partial charge in [-0.25, -0.2) is 0 Å². The fraction of sp³-hybridized carbons (Fsp3) is 0.0667. The summed E-state index contributed by atoms with van der Waals surface area (Å²) >= 11 is 0. The standard InChI is InChI=1S/C30H25N3O3/c1-21-7-9-23(10-8-21)19-29(35)33-27-13-12-25(20-26(27)30(36)24-5-3-2-4-6-24)32-28(34)14-11-22-15-17-31-18-16-22/h2-18,20H,19H2,1H3,(H,32,34)(H,33,35)/b14-11+. The SMILES string of the molecule is Cc1ccc(CC(=O)Nc2ccc(NC(=O)/C=C/c3ccncc3)cc2C(=O)c2ccccc2)cc1. The van der Waals surface area contributed by atoms with Crippen LogP contribution in [0.3, 0.4) is 0 Å². The van der Waals surface area contributed by atoms with Crippen molar-refractivity contribution in [3.8, 4) is 0 Å². The van der Waals surface area contributed by atoms with E-state index in [9.17, 15) is 14.4 Å². The van der Waals surface area contributed by atoms with E-state index in [0.29, 0.717) is 16.9 Å². The quantitative estimate of drug-likeness (QED) is 0.262. The Morgan fingerprint density at radius 1 is 0.833 bits per heavy atom. The molecule has 0 saturated heterocycles. The highest BCUT2D eigenvalue weighted by atomic mass is 16.2. The van der Waals surface area contributed by atoms with Gasteiger partial charge in [0.2, 0.25) is 11.8 Å². The Bertz CT molecular complexity index is 1400. The number of carbonyl (C=O) groups excluding carboxylic acids is 3. The third-order valence-electron chi connectivity index (χ3n) is 5.46. The van der Waals surface area contributed by atoms with Crippen LogP contribution in [0.15, 0.2) is 103 Å². The summed E-state index contributed by atoms with van der Waals surface area (Å²) in [6.45, 7) is 1.99. The molecular formula is C30H25N3O3. The first-order valence-electron chi connectivity index (χ1n) is 11.5. The van der Waals surface area contributed by atoms with Gasteiger partial charge in [0.15, 0.2) is 5.78 Å². The van der Waals surface area contributed by atoms with Gasteiger partial charge in [0.05, 0.1) is 12.1 Å². The molecule has 0 saturated carbocycles. The largest absolute Gasteiger partial charge is 0.325 e. The summed E-state index contributed by atoms with van der Waals surface area (Å²) in [5.41, 5.74) is 4.41. The molecule has 4 rings (SSSR count). The fourth-order valence-corrected chi connectivity index (χ4v) is 3.58. The van der Waals surface area contributed by atoms with Crippen molar-refractivity contribution in [3.05, 3.63) is 131 Å². The Balaban J connectivity index is 1.55. The maximum absolute atomic E-state index is 13.3. The van der Waals surface area contributed by atoms with Crippen LogP contribution in [0.2, 0.25) is 0 Å². The molecule has 2 N–H and O–H groups in total. The molecule has 3 aromatic carbocycles. The normalized spacial score (nSPS) is 10.7. The van der Waals surface area contributed by atoms with Crippen molar-refractivity contribution in [3.63, 3.8) is 0 Å². The van der Waals surface area contributed by atoms with Gasteiger partial charge in [0.1, 0.15) is 0 Å². The molecule has 0 aliphatic heterocycles. The molecule has 0 unspecified atom stereocenters. The number of ketones is 1. The van der Waals surface area contributed by atoms with Gasteiger partial charge < -0.3 is 10.6 Å². The number of nitrogens with one attached hydrogen (secondary N) is 2. The van der Waals surface area contributed by atoms with E-state index >= 15 is 0 Å². The Hall–Kier alpha value is -4.84. The van der Waals surface area contributed by atoms with Gasteiger partial charge in [-0.2, -0.15) is 0 Å². The van der Waals surface area contributed by atoms with E-state index in [1.807, 2.05) is 37.3 Å². The van der Waals surface area contributed by atoms with E-state index in [1.165, 1.54) is 6.08 Å². The number of hydrogen-bond donors (Lipinski definition) is 2. The third-order valence-corrected chi connectivity index (χ3v) is 5.46. The van der Waals surface area contributed by atoms with Gasteiger partial charge in [-0.05, 0) is 54.5 Å². The summed E-state index contributed by atoms with van der Waals surface area (Å²) in [6.07, 6.45) is 6.55. The number of hydrogen-bond acceptors (Lipinski definition) is 4. The van der Waals surface area contributed by atoms with Crippen LogP contribution >= 0.6 is 0 Å². The molecule has 36 heavy (non-hydrogen) atoms. The number of aryl methyl sites for hydroxylation is 1. The molecule has 0 radical (unpaired) electrons. The number of rotatable bonds is 8. The topological polar surface area (TPSA) is 88.2 Å². The summed E-state index contributed by atoms with van der Waals surface area (Å²) < 4.78 is 0. The molecule has 1 aromatic heterocycles. The van der Waals surface area contributed by atoms with E-state index < -0.39 is 0 Å². The van der Waals surface area contributed by atoms with Crippen LogP contribution < -0.4 is 10.6 Å². The van der Waals surface area contributed by atoms with Gasteiger partial charge in [-0.1, -0.05) is 60.2 Å². The van der Waals surface area contributed by atoms with Crippen LogP contribution in [0.1, 0.15) is 32.6 Å². The number of nitrogens with zero attached hydrogens (tertiary/aromatic N) is 1. The predicted molar refractivity (Wildman–Crippen MR) is 142 cm³/mol. The maximum atomic E-state index is 13.3. The number of amides is 2. The van der Waals surface area contributed by atoms with Crippen LogP contribution in [0.5, 0.6) is 0 Å². The highest BCUT2D eigenvalue weighted by molar-refractivity contribution is 6.15. The second-order valence-electron chi connectivity index (χ2n) is 8.27. The summed E-state index contributed by atoms with van der Waals surface area (Å²) in [5.74, 6) is -0.844. The van der Waals surface area contributed by atoms with Crippen molar-refractivity contribution < 1.29 is 14.4 Å². The van der Waals surface area contributed by atoms with E-state index in [0.717, 1.165) is 16.7 Å². The van der Waals surface area contributed by atoms with E-state index in [1.54, 1.807) is 73.1 Å². The smallest absolute Gasteiger partial charge is 0.248 e. The monoisotopic (exact) mass is 475 g/mol. The summed E-state index contributed by atoms with van der Waals surface area (Å²) in [5, 5.41) is 5.64. The Morgan fingerprint density at radius 3 is 2.28 bits per heavy atom. The van der Waals surface area contributed by atoms with E-state index in [4.69, 9.17) is 0 Å². The second-order valence-corrected chi connectivity index (χ2v) is 8.27. The third kappa shape index (κ3) is 6.61. The van der Waals surface area contributed by atoms with E-state index in [-0.39, 0.29) is 29.6 Å². The van der Waals surface area contributed by atoms with Crippen LogP contribution in [0.25, 0.3) is 6.08 Å². The molecule has 6 nitrogen and oxygen atoms in total. The molecule has 0 spiro atoms. The minimum absolute atomic E-state index is 0.178. The molecular weight excluding hydrogens is 450 g/mol. The zero-order chi connectivity index (χ0) is 25.3. The number of carbonyl (C=O) groups is 3. The van der Waals surface area contributed by atoms with Crippen molar-refractivity contribution in [2.75, 3.05) is 10.6 Å². The van der Waals surface area contributed by atoms with Crippen molar-refractivity contribution in [1.29, 1.82) is 0 Å². The van der Waals surface area contributed by atoms with Crippen molar-refractivity contribution in [2.45, 2.75) is 13.3 Å². The van der Waals surface area contributed by atoms with Gasteiger partial charge >= 0.3 is 0 Å². The molecule has 1 heterocycles. The molecule has 0 atom stereocenters. The highest BCUT2D eigenvalue weighted by Crippen LogP contribution is 2.24. The molecule has 0 aliphatic rings. The minimum atomic E-state index is -0.346. The van der Waals surface area contributed by atoms with Gasteiger partial charge in [0.25, 0.3) is 0 Å². The molecule has 0 bridgehead atoms. The summed E-state index contributed by atoms with van der Waals surface area (Å²) in [7, 11) is 0. The second kappa shape index (κ2) is 11.5. The molecule has 2 amide bonds. The molecule has 0 aliphatic carbocycles. The number of pyridine rings is 1. The zero-order valence-electron chi connectivity index (χ0n) is 19.8. The number of anilines is 2.